The number of hydrogen-bond acceptors (Lipinski definition) is 1. The maximum atomic E-state index is 14.0. The maximum absolute atomic E-state index is 14.0. The van der Waals surface area contributed by atoms with E-state index in [1.165, 1.54) is 10.6 Å². The van der Waals surface area contributed by atoms with Crippen molar-refractivity contribution in [2.24, 2.45) is 0 Å². The van der Waals surface area contributed by atoms with Crippen molar-refractivity contribution in [3.05, 3.63) is 163 Å². The van der Waals surface area contributed by atoms with E-state index in [1.807, 2.05) is 65.6 Å². The van der Waals surface area contributed by atoms with Crippen molar-refractivity contribution in [3.8, 4) is 0 Å². The first kappa shape index (κ1) is 25.4. The van der Waals surface area contributed by atoms with Crippen molar-refractivity contribution in [1.29, 1.82) is 0 Å². The summed E-state index contributed by atoms with van der Waals surface area (Å²) in [7, 11) is -0.889. The first-order valence-electron chi connectivity index (χ1n) is 12.8. The van der Waals surface area contributed by atoms with E-state index in [0.29, 0.717) is 0 Å². The van der Waals surface area contributed by atoms with Crippen LogP contribution in [0, 0.1) is 0 Å². The maximum Gasteiger partial charge on any atom is 0.251 e. The van der Waals surface area contributed by atoms with Gasteiger partial charge in [0.25, 0.3) is 5.91 Å². The van der Waals surface area contributed by atoms with Crippen LogP contribution in [0.1, 0.15) is 24.1 Å². The summed E-state index contributed by atoms with van der Waals surface area (Å²) in [6.45, 7) is 2.10. The molecule has 38 heavy (non-hydrogen) atoms. The molecule has 0 saturated carbocycles. The molecule has 186 valence electrons. The van der Waals surface area contributed by atoms with Gasteiger partial charge >= 0.3 is 0 Å². The molecule has 0 unspecified atom stereocenters. The molecule has 3 heteroatoms. The topological polar surface area (TPSA) is 20.3 Å². The van der Waals surface area contributed by atoms with Gasteiger partial charge in [0.2, 0.25) is 0 Å². The number of amides is 1. The fourth-order valence-electron chi connectivity index (χ4n) is 4.65. The average Bonchev–Trinajstić information content (AvgIpc) is 2.99. The summed E-state index contributed by atoms with van der Waals surface area (Å²) in [6.07, 6.45) is 3.59. The van der Waals surface area contributed by atoms with E-state index in [-0.39, 0.29) is 11.9 Å². The van der Waals surface area contributed by atoms with Gasteiger partial charge in [-0.05, 0) is 48.7 Å². The SMILES string of the molecule is C[C@@H](c1ccccc1)N(C(=O)/C=C/c1ccccc1)c1ccccc1P(c1ccccc1)c1ccccc1. The van der Waals surface area contributed by atoms with E-state index in [9.17, 15) is 4.79 Å². The van der Waals surface area contributed by atoms with E-state index in [1.54, 1.807) is 6.08 Å². The van der Waals surface area contributed by atoms with Crippen LogP contribution in [0.15, 0.2) is 152 Å². The fourth-order valence-corrected chi connectivity index (χ4v) is 7.09. The highest BCUT2D eigenvalue weighted by molar-refractivity contribution is 7.80. The third kappa shape index (κ3) is 5.83. The molecule has 0 saturated heterocycles. The molecule has 1 atom stereocenters. The minimum Gasteiger partial charge on any atom is -0.301 e. The number of nitrogens with zero attached hydrogens (tertiary/aromatic N) is 1. The second-order valence-electron chi connectivity index (χ2n) is 9.03. The molecular formula is C35H30NOP. The van der Waals surface area contributed by atoms with E-state index in [0.717, 1.165) is 22.1 Å². The lowest BCUT2D eigenvalue weighted by molar-refractivity contribution is -0.114. The Hall–Kier alpha value is -4.26. The fraction of sp³-hybridized carbons (Fsp3) is 0.0571. The van der Waals surface area contributed by atoms with Crippen molar-refractivity contribution in [3.63, 3.8) is 0 Å². The van der Waals surface area contributed by atoms with Gasteiger partial charge in [0.1, 0.15) is 0 Å². The van der Waals surface area contributed by atoms with Crippen LogP contribution in [-0.4, -0.2) is 5.91 Å². The first-order chi connectivity index (χ1) is 18.7. The highest BCUT2D eigenvalue weighted by atomic mass is 31.1. The zero-order chi connectivity index (χ0) is 26.2. The summed E-state index contributed by atoms with van der Waals surface area (Å²) in [5, 5.41) is 3.66. The molecule has 0 aliphatic heterocycles. The zero-order valence-corrected chi connectivity index (χ0v) is 22.3. The minimum absolute atomic E-state index is 0.0475. The van der Waals surface area contributed by atoms with E-state index in [4.69, 9.17) is 0 Å². The summed E-state index contributed by atoms with van der Waals surface area (Å²) in [6, 6.07) is 49.7. The van der Waals surface area contributed by atoms with Crippen molar-refractivity contribution < 1.29 is 4.79 Å². The Morgan fingerprint density at radius 1 is 0.632 bits per heavy atom. The monoisotopic (exact) mass is 511 g/mol. The predicted molar refractivity (Wildman–Crippen MR) is 163 cm³/mol. The van der Waals surface area contributed by atoms with Crippen LogP contribution < -0.4 is 20.8 Å². The number of rotatable bonds is 8. The lowest BCUT2D eigenvalue weighted by atomic mass is 10.1. The smallest absolute Gasteiger partial charge is 0.251 e. The highest BCUT2D eigenvalue weighted by Gasteiger charge is 2.28. The standard InChI is InChI=1S/C35H30NOP/c1-28(30-18-8-3-9-19-30)36(35(37)27-26-29-16-6-2-7-17-29)33-24-14-15-25-34(33)38(31-20-10-4-11-21-31)32-22-12-5-13-23-32/h2-28H,1H3/b27-26+/t28-/m0/s1. The molecule has 0 spiro atoms. The van der Waals surface area contributed by atoms with Gasteiger partial charge in [0, 0.05) is 11.4 Å². The lowest BCUT2D eigenvalue weighted by Gasteiger charge is -2.33. The Morgan fingerprint density at radius 3 is 1.68 bits per heavy atom. The summed E-state index contributed by atoms with van der Waals surface area (Å²) >= 11 is 0. The Balaban J connectivity index is 1.65. The highest BCUT2D eigenvalue weighted by Crippen LogP contribution is 2.38. The Labute approximate surface area is 226 Å². The third-order valence-corrected chi connectivity index (χ3v) is 9.02. The largest absolute Gasteiger partial charge is 0.301 e. The van der Waals surface area contributed by atoms with E-state index in [2.05, 4.69) is 97.9 Å². The van der Waals surface area contributed by atoms with Crippen LogP contribution in [-0.2, 0) is 4.79 Å². The first-order valence-corrected chi connectivity index (χ1v) is 14.2. The average molecular weight is 512 g/mol. The molecule has 0 aliphatic rings. The summed E-state index contributed by atoms with van der Waals surface area (Å²) < 4.78 is 0. The second-order valence-corrected chi connectivity index (χ2v) is 11.2. The van der Waals surface area contributed by atoms with Crippen LogP contribution in [0.4, 0.5) is 5.69 Å². The number of benzene rings is 5. The molecule has 0 aromatic heterocycles. The van der Waals surface area contributed by atoms with Gasteiger partial charge in [-0.15, -0.1) is 0 Å². The van der Waals surface area contributed by atoms with Gasteiger partial charge in [-0.25, -0.2) is 0 Å². The van der Waals surface area contributed by atoms with Crippen molar-refractivity contribution >= 4 is 41.5 Å². The molecule has 2 nitrogen and oxygen atoms in total. The molecular weight excluding hydrogens is 481 g/mol. The molecule has 0 N–H and O–H groups in total. The molecule has 0 radical (unpaired) electrons. The Kier molecular flexibility index (Phi) is 8.23. The normalized spacial score (nSPS) is 11.9. The van der Waals surface area contributed by atoms with Crippen LogP contribution in [0.3, 0.4) is 0 Å². The third-order valence-electron chi connectivity index (χ3n) is 6.54. The molecule has 1 amide bonds. The molecule has 5 aromatic rings. The van der Waals surface area contributed by atoms with Gasteiger partial charge in [-0.2, -0.15) is 0 Å². The van der Waals surface area contributed by atoms with Gasteiger partial charge in [-0.1, -0.05) is 140 Å². The quantitative estimate of drug-likeness (QED) is 0.159. The number of para-hydroxylation sites is 1. The Bertz CT molecular complexity index is 1450. The Morgan fingerprint density at radius 2 is 1.11 bits per heavy atom. The second kappa shape index (κ2) is 12.3. The van der Waals surface area contributed by atoms with Crippen LogP contribution >= 0.6 is 7.92 Å². The summed E-state index contributed by atoms with van der Waals surface area (Å²) in [4.78, 5) is 16.0. The van der Waals surface area contributed by atoms with Gasteiger partial charge in [0.05, 0.1) is 11.7 Å². The van der Waals surface area contributed by atoms with E-state index >= 15 is 0 Å². The van der Waals surface area contributed by atoms with Gasteiger partial charge in [-0.3, -0.25) is 4.79 Å². The molecule has 0 heterocycles. The zero-order valence-electron chi connectivity index (χ0n) is 21.4. The molecule has 0 aliphatic carbocycles. The van der Waals surface area contributed by atoms with Crippen molar-refractivity contribution in [2.75, 3.05) is 4.90 Å². The van der Waals surface area contributed by atoms with Crippen LogP contribution in [0.2, 0.25) is 0 Å². The number of hydrogen-bond donors (Lipinski definition) is 0. The summed E-state index contributed by atoms with van der Waals surface area (Å²) in [5.41, 5.74) is 3.02. The van der Waals surface area contributed by atoms with Gasteiger partial charge in [0.15, 0.2) is 0 Å². The van der Waals surface area contributed by atoms with Crippen molar-refractivity contribution in [1.82, 2.24) is 0 Å². The van der Waals surface area contributed by atoms with Crippen LogP contribution in [0.5, 0.6) is 0 Å². The molecule has 5 rings (SSSR count). The lowest BCUT2D eigenvalue weighted by Crippen LogP contribution is -2.36. The van der Waals surface area contributed by atoms with E-state index < -0.39 is 7.92 Å². The van der Waals surface area contributed by atoms with Crippen LogP contribution in [0.25, 0.3) is 6.08 Å². The number of carbonyl (C=O) groups excluding carboxylic acids is 1. The molecule has 0 fully saturated rings. The minimum atomic E-state index is -0.889. The van der Waals surface area contributed by atoms with Crippen molar-refractivity contribution in [2.45, 2.75) is 13.0 Å². The predicted octanol–water partition coefficient (Wildman–Crippen LogP) is 7.25. The molecule has 0 bridgehead atoms. The summed E-state index contributed by atoms with van der Waals surface area (Å²) in [5.74, 6) is -0.0475. The number of anilines is 1. The van der Waals surface area contributed by atoms with Gasteiger partial charge < -0.3 is 4.90 Å². The number of carbonyl (C=O) groups is 1. The molecule has 5 aromatic carbocycles.